The summed E-state index contributed by atoms with van der Waals surface area (Å²) in [6, 6.07) is 22.9. The number of aliphatic hydroxyl groups excluding tert-OH is 1. The summed E-state index contributed by atoms with van der Waals surface area (Å²) in [4.78, 5) is 14.3. The third-order valence-corrected chi connectivity index (χ3v) is 7.06. The van der Waals surface area contributed by atoms with Crippen LogP contribution in [-0.4, -0.2) is 59.9 Å². The van der Waals surface area contributed by atoms with E-state index in [-0.39, 0.29) is 24.2 Å². The van der Waals surface area contributed by atoms with Crippen molar-refractivity contribution in [2.45, 2.75) is 44.3 Å². The van der Waals surface area contributed by atoms with Crippen molar-refractivity contribution in [2.24, 2.45) is 0 Å². The van der Waals surface area contributed by atoms with Crippen LogP contribution in [0.3, 0.4) is 0 Å². The summed E-state index contributed by atoms with van der Waals surface area (Å²) in [5, 5.41) is 13.2. The molecule has 0 aliphatic carbocycles. The van der Waals surface area contributed by atoms with Crippen molar-refractivity contribution in [1.82, 2.24) is 4.90 Å². The van der Waals surface area contributed by atoms with Crippen LogP contribution in [0.2, 0.25) is 0 Å². The molecule has 2 heterocycles. The standard InChI is InChI=1S/C30H33NO4.H2O/c1-21-16-27(30(33)35-21)18-26-8-4-5-9-29(26)34-20-28(32)19-31-14-12-23(13-15-31)25-11-10-22-6-2-3-7-24(22)17-25;/h2-11,17-18,21,23,28,32H,12-16,19-20H2,1H3;1H2/t21-,28?;/m0./s1. The molecule has 3 aromatic carbocycles. The number of benzene rings is 3. The van der Waals surface area contributed by atoms with Crippen LogP contribution in [0.1, 0.15) is 43.2 Å². The van der Waals surface area contributed by atoms with E-state index >= 15 is 0 Å². The fraction of sp³-hybridized carbons (Fsp3) is 0.367. The molecule has 2 saturated heterocycles. The summed E-state index contributed by atoms with van der Waals surface area (Å²) in [5.41, 5.74) is 2.90. The molecule has 1 unspecified atom stereocenters. The summed E-state index contributed by atoms with van der Waals surface area (Å²) in [5.74, 6) is 0.968. The lowest BCUT2D eigenvalue weighted by molar-refractivity contribution is -0.138. The molecular weight excluding hydrogens is 454 g/mol. The molecule has 0 saturated carbocycles. The summed E-state index contributed by atoms with van der Waals surface area (Å²) < 4.78 is 11.2. The van der Waals surface area contributed by atoms with Gasteiger partial charge in [-0.15, -0.1) is 0 Å². The van der Waals surface area contributed by atoms with Crippen LogP contribution in [-0.2, 0) is 9.53 Å². The monoisotopic (exact) mass is 489 g/mol. The Bertz CT molecular complexity index is 1210. The quantitative estimate of drug-likeness (QED) is 0.394. The Morgan fingerprint density at radius 2 is 1.78 bits per heavy atom. The maximum atomic E-state index is 12.0. The maximum absolute atomic E-state index is 12.0. The zero-order chi connectivity index (χ0) is 24.2. The van der Waals surface area contributed by atoms with Gasteiger partial charge in [0.15, 0.2) is 0 Å². The summed E-state index contributed by atoms with van der Waals surface area (Å²) in [6.07, 6.45) is 3.96. The van der Waals surface area contributed by atoms with Crippen LogP contribution >= 0.6 is 0 Å². The average molecular weight is 490 g/mol. The number of hydrogen-bond donors (Lipinski definition) is 1. The Morgan fingerprint density at radius 3 is 2.53 bits per heavy atom. The van der Waals surface area contributed by atoms with Gasteiger partial charge in [-0.2, -0.15) is 0 Å². The highest BCUT2D eigenvalue weighted by atomic mass is 16.5. The fourth-order valence-electron chi connectivity index (χ4n) is 5.18. The van der Waals surface area contributed by atoms with Crippen LogP contribution in [0.5, 0.6) is 5.75 Å². The smallest absolute Gasteiger partial charge is 0.334 e. The second-order valence-electron chi connectivity index (χ2n) is 9.77. The second kappa shape index (κ2) is 11.7. The van der Waals surface area contributed by atoms with Crippen LogP contribution in [0.15, 0.2) is 72.3 Å². The van der Waals surface area contributed by atoms with E-state index < -0.39 is 6.10 Å². The van der Waals surface area contributed by atoms with Crippen LogP contribution in [0, 0.1) is 0 Å². The van der Waals surface area contributed by atoms with Gasteiger partial charge in [0, 0.05) is 24.1 Å². The maximum Gasteiger partial charge on any atom is 0.334 e. The molecule has 6 heteroatoms. The predicted octanol–water partition coefficient (Wildman–Crippen LogP) is 4.35. The number of carbonyl (C=O) groups is 1. The Balaban J connectivity index is 0.00000304. The molecule has 0 spiro atoms. The van der Waals surface area contributed by atoms with Crippen molar-refractivity contribution in [3.05, 3.63) is 83.4 Å². The van der Waals surface area contributed by atoms with Gasteiger partial charge in [-0.25, -0.2) is 4.79 Å². The van der Waals surface area contributed by atoms with Gasteiger partial charge >= 0.3 is 5.97 Å². The van der Waals surface area contributed by atoms with Crippen molar-refractivity contribution in [3.8, 4) is 5.75 Å². The number of esters is 1. The number of β-amino-alcohol motifs (C(OH)–C–C–N with tert-alkyl or cyclic N) is 1. The first-order chi connectivity index (χ1) is 17.0. The van der Waals surface area contributed by atoms with Crippen LogP contribution < -0.4 is 4.74 Å². The van der Waals surface area contributed by atoms with E-state index in [2.05, 4.69) is 47.4 Å². The predicted molar refractivity (Wildman–Crippen MR) is 142 cm³/mol. The van der Waals surface area contributed by atoms with Crippen molar-refractivity contribution in [3.63, 3.8) is 0 Å². The molecule has 0 aromatic heterocycles. The Hall–Kier alpha value is -3.19. The number of carbonyl (C=O) groups excluding carboxylic acids is 1. The van der Waals surface area contributed by atoms with E-state index in [1.54, 1.807) is 0 Å². The lowest BCUT2D eigenvalue weighted by Crippen LogP contribution is -2.40. The number of likely N-dealkylation sites (tertiary alicyclic amines) is 1. The molecule has 5 rings (SSSR count). The van der Waals surface area contributed by atoms with Gasteiger partial charge in [0.05, 0.1) is 0 Å². The van der Waals surface area contributed by atoms with Gasteiger partial charge in [0.1, 0.15) is 24.6 Å². The van der Waals surface area contributed by atoms with E-state index in [4.69, 9.17) is 9.47 Å². The molecule has 2 atom stereocenters. The third-order valence-electron chi connectivity index (χ3n) is 7.06. The summed E-state index contributed by atoms with van der Waals surface area (Å²) in [6.45, 7) is 4.64. The Kier molecular flexibility index (Phi) is 8.41. The zero-order valence-electron chi connectivity index (χ0n) is 20.7. The fourth-order valence-corrected chi connectivity index (χ4v) is 5.18. The molecule has 36 heavy (non-hydrogen) atoms. The number of fused-ring (bicyclic) bond motifs is 1. The molecule has 2 fully saturated rings. The van der Waals surface area contributed by atoms with Crippen molar-refractivity contribution < 1.29 is 24.9 Å². The van der Waals surface area contributed by atoms with Gasteiger partial charge in [-0.05, 0) is 67.3 Å². The second-order valence-corrected chi connectivity index (χ2v) is 9.77. The lowest BCUT2D eigenvalue weighted by atomic mass is 9.88. The Labute approximate surface area is 212 Å². The molecule has 190 valence electrons. The number of cyclic esters (lactones) is 1. The molecule has 0 radical (unpaired) electrons. The van der Waals surface area contributed by atoms with Crippen molar-refractivity contribution >= 4 is 22.8 Å². The molecule has 2 aliphatic heterocycles. The number of rotatable bonds is 7. The molecule has 3 N–H and O–H groups in total. The van der Waals surface area contributed by atoms with Gasteiger partial charge in [0.25, 0.3) is 0 Å². The van der Waals surface area contributed by atoms with Gasteiger partial charge in [-0.3, -0.25) is 0 Å². The molecule has 6 nitrogen and oxygen atoms in total. The number of aliphatic hydroxyl groups is 1. The SMILES string of the molecule is C[C@H]1CC(=Cc2ccccc2OCC(O)CN2CCC(c3ccc4ccccc4c3)CC2)C(=O)O1.O. The van der Waals surface area contributed by atoms with E-state index in [1.165, 1.54) is 16.3 Å². The average Bonchev–Trinajstić information content (AvgIpc) is 3.20. The summed E-state index contributed by atoms with van der Waals surface area (Å²) in [7, 11) is 0. The number of ether oxygens (including phenoxy) is 2. The molecule has 3 aromatic rings. The van der Waals surface area contributed by atoms with Crippen LogP contribution in [0.25, 0.3) is 16.8 Å². The highest BCUT2D eigenvalue weighted by Crippen LogP contribution is 2.31. The number of piperidine rings is 1. The van der Waals surface area contributed by atoms with E-state index in [0.717, 1.165) is 31.5 Å². The first-order valence-electron chi connectivity index (χ1n) is 12.6. The van der Waals surface area contributed by atoms with Crippen molar-refractivity contribution in [1.29, 1.82) is 0 Å². The third kappa shape index (κ3) is 6.13. The Morgan fingerprint density at radius 1 is 1.06 bits per heavy atom. The first kappa shape index (κ1) is 25.9. The number of hydrogen-bond acceptors (Lipinski definition) is 5. The van der Waals surface area contributed by atoms with Gasteiger partial charge in [-0.1, -0.05) is 60.7 Å². The minimum absolute atomic E-state index is 0. The van der Waals surface area contributed by atoms with E-state index in [0.29, 0.717) is 30.2 Å². The molecule has 0 bridgehead atoms. The largest absolute Gasteiger partial charge is 0.490 e. The van der Waals surface area contributed by atoms with Crippen LogP contribution in [0.4, 0.5) is 0 Å². The van der Waals surface area contributed by atoms with Gasteiger partial charge in [0.2, 0.25) is 0 Å². The first-order valence-corrected chi connectivity index (χ1v) is 12.6. The van der Waals surface area contributed by atoms with Gasteiger partial charge < -0.3 is 25.0 Å². The molecule has 2 aliphatic rings. The minimum atomic E-state index is -0.579. The molecular formula is C30H35NO5. The summed E-state index contributed by atoms with van der Waals surface area (Å²) >= 11 is 0. The lowest BCUT2D eigenvalue weighted by Gasteiger charge is -2.33. The minimum Gasteiger partial charge on any atom is -0.490 e. The van der Waals surface area contributed by atoms with E-state index in [9.17, 15) is 9.90 Å². The van der Waals surface area contributed by atoms with Crippen molar-refractivity contribution in [2.75, 3.05) is 26.2 Å². The number of nitrogens with zero attached hydrogens (tertiary/aromatic N) is 1. The zero-order valence-corrected chi connectivity index (χ0v) is 20.7. The molecule has 0 amide bonds. The highest BCUT2D eigenvalue weighted by Gasteiger charge is 2.26. The number of para-hydroxylation sites is 1. The van der Waals surface area contributed by atoms with E-state index in [1.807, 2.05) is 37.3 Å². The topological polar surface area (TPSA) is 90.5 Å². The normalized spacial score (nSPS) is 20.8. The highest BCUT2D eigenvalue weighted by molar-refractivity contribution is 5.96.